The number of hydrogen-bond acceptors (Lipinski definition) is 7. The quantitative estimate of drug-likeness (QED) is 0.387. The zero-order chi connectivity index (χ0) is 27.2. The lowest BCUT2D eigenvalue weighted by molar-refractivity contribution is 0.0540. The van der Waals surface area contributed by atoms with Crippen LogP contribution < -0.4 is 4.31 Å². The van der Waals surface area contributed by atoms with Crippen molar-refractivity contribution in [1.82, 2.24) is 4.57 Å². The number of rotatable bonds is 3. The molecule has 36 heavy (non-hydrogen) atoms. The molecule has 0 unspecified atom stereocenters. The zero-order valence-electron chi connectivity index (χ0n) is 20.5. The Morgan fingerprint density at radius 3 is 1.97 bits per heavy atom. The van der Waals surface area contributed by atoms with Gasteiger partial charge in [-0.3, -0.25) is 0 Å². The summed E-state index contributed by atoms with van der Waals surface area (Å²) in [5.41, 5.74) is -2.26. The molecule has 2 aromatic carbocycles. The minimum absolute atomic E-state index is 0.0360. The van der Waals surface area contributed by atoms with Crippen molar-refractivity contribution in [3.05, 3.63) is 52.6 Å². The molecule has 0 bridgehead atoms. The van der Waals surface area contributed by atoms with E-state index in [1.807, 2.05) is 0 Å². The minimum atomic E-state index is -4.62. The molecule has 3 aromatic rings. The molecule has 9 nitrogen and oxygen atoms in total. The molecule has 1 amide bonds. The van der Waals surface area contributed by atoms with Crippen LogP contribution in [0.3, 0.4) is 0 Å². The van der Waals surface area contributed by atoms with Crippen LogP contribution in [-0.4, -0.2) is 41.5 Å². The molecule has 0 saturated heterocycles. The van der Waals surface area contributed by atoms with E-state index in [1.165, 1.54) is 18.3 Å². The Labute approximate surface area is 219 Å². The van der Waals surface area contributed by atoms with Gasteiger partial charge in [0.2, 0.25) is 0 Å². The van der Waals surface area contributed by atoms with E-state index >= 15 is 0 Å². The molecule has 0 aliphatic rings. The molecule has 1 heterocycles. The van der Waals surface area contributed by atoms with Gasteiger partial charge in [0.25, 0.3) is 10.0 Å². The lowest BCUT2D eigenvalue weighted by Crippen LogP contribution is -2.41. The highest BCUT2D eigenvalue weighted by Crippen LogP contribution is 2.41. The first-order valence-electron chi connectivity index (χ1n) is 10.7. The number of fused-ring (bicyclic) bond motifs is 1. The Morgan fingerprint density at radius 2 is 1.44 bits per heavy atom. The van der Waals surface area contributed by atoms with E-state index in [1.54, 1.807) is 41.5 Å². The lowest BCUT2D eigenvalue weighted by Gasteiger charge is -2.28. The highest BCUT2D eigenvalue weighted by Gasteiger charge is 2.38. The van der Waals surface area contributed by atoms with Gasteiger partial charge in [-0.1, -0.05) is 23.2 Å². The number of anilines is 1. The molecule has 0 aliphatic heterocycles. The highest BCUT2D eigenvalue weighted by atomic mass is 35.5. The third kappa shape index (κ3) is 5.71. The molecule has 0 atom stereocenters. The Balaban J connectivity index is 2.37. The predicted molar refractivity (Wildman–Crippen MR) is 138 cm³/mol. The summed E-state index contributed by atoms with van der Waals surface area (Å²) in [6.07, 6.45) is -0.864. The normalized spacial score (nSPS) is 12.4. The summed E-state index contributed by atoms with van der Waals surface area (Å²) in [5, 5.41) is 9.91. The number of aromatic hydroxyl groups is 1. The van der Waals surface area contributed by atoms with Crippen molar-refractivity contribution in [2.45, 2.75) is 57.6 Å². The van der Waals surface area contributed by atoms with Crippen molar-refractivity contribution in [1.29, 1.82) is 0 Å². The van der Waals surface area contributed by atoms with Gasteiger partial charge in [-0.25, -0.2) is 22.6 Å². The monoisotopic (exact) mass is 556 g/mol. The van der Waals surface area contributed by atoms with Crippen LogP contribution in [0.5, 0.6) is 5.75 Å². The standard InChI is InChI=1S/C24H26Cl2N2O7S/c1-23(2,3)34-21(30)27-13-17(26)19-16(25)11-12-18(20(19)27)28(22(31)35-24(4,5)6)36(32,33)15-9-7-14(29)8-10-15/h7-13,29H,1-6H3. The van der Waals surface area contributed by atoms with Gasteiger partial charge < -0.3 is 14.6 Å². The largest absolute Gasteiger partial charge is 0.508 e. The van der Waals surface area contributed by atoms with Crippen LogP contribution in [-0.2, 0) is 19.5 Å². The summed E-state index contributed by atoms with van der Waals surface area (Å²) in [5.74, 6) is -0.169. The van der Waals surface area contributed by atoms with Crippen molar-refractivity contribution >= 4 is 62.0 Å². The van der Waals surface area contributed by atoms with Crippen molar-refractivity contribution in [2.24, 2.45) is 0 Å². The molecule has 0 fully saturated rings. The Hall–Kier alpha value is -2.95. The number of amides is 1. The Bertz CT molecular complexity index is 1430. The van der Waals surface area contributed by atoms with Crippen LogP contribution in [0.4, 0.5) is 15.3 Å². The molecule has 12 heteroatoms. The van der Waals surface area contributed by atoms with Crippen LogP contribution in [0.25, 0.3) is 10.9 Å². The number of sulfonamides is 1. The second kappa shape index (κ2) is 9.49. The second-order valence-corrected chi connectivity index (χ2v) is 12.5. The molecule has 194 valence electrons. The van der Waals surface area contributed by atoms with Crippen LogP contribution in [0, 0.1) is 0 Å². The molecule has 0 radical (unpaired) electrons. The minimum Gasteiger partial charge on any atom is -0.508 e. The Kier molecular flexibility index (Phi) is 7.29. The van der Waals surface area contributed by atoms with Crippen LogP contribution in [0.1, 0.15) is 41.5 Å². The average Bonchev–Trinajstić information content (AvgIpc) is 3.06. The SMILES string of the molecule is CC(C)(C)OC(=O)N(c1ccc(Cl)c2c(Cl)cn(C(=O)OC(C)(C)C)c12)S(=O)(=O)c1ccc(O)cc1. The molecule has 0 spiro atoms. The van der Waals surface area contributed by atoms with E-state index in [4.69, 9.17) is 32.7 Å². The van der Waals surface area contributed by atoms with E-state index in [2.05, 4.69) is 0 Å². The lowest BCUT2D eigenvalue weighted by atomic mass is 10.2. The topological polar surface area (TPSA) is 115 Å². The molecular weight excluding hydrogens is 531 g/mol. The Morgan fingerprint density at radius 1 is 0.889 bits per heavy atom. The number of aromatic nitrogens is 1. The maximum Gasteiger partial charge on any atom is 0.429 e. The van der Waals surface area contributed by atoms with E-state index < -0.39 is 33.4 Å². The highest BCUT2D eigenvalue weighted by molar-refractivity contribution is 7.93. The summed E-state index contributed by atoms with van der Waals surface area (Å²) in [6, 6.07) is 7.22. The van der Waals surface area contributed by atoms with Crippen LogP contribution >= 0.6 is 23.2 Å². The van der Waals surface area contributed by atoms with Gasteiger partial charge >= 0.3 is 12.2 Å². The molecule has 0 saturated carbocycles. The number of hydrogen-bond donors (Lipinski definition) is 1. The summed E-state index contributed by atoms with van der Waals surface area (Å²) in [6.45, 7) is 9.72. The van der Waals surface area contributed by atoms with Gasteiger partial charge in [0.15, 0.2) is 0 Å². The molecule has 1 aromatic heterocycles. The van der Waals surface area contributed by atoms with E-state index in [-0.39, 0.29) is 37.3 Å². The number of phenols is 1. The van der Waals surface area contributed by atoms with Crippen LogP contribution in [0.2, 0.25) is 10.0 Å². The fourth-order valence-electron chi connectivity index (χ4n) is 3.24. The molecule has 3 rings (SSSR count). The van der Waals surface area contributed by atoms with Gasteiger partial charge in [0, 0.05) is 11.6 Å². The maximum absolute atomic E-state index is 13.8. The van der Waals surface area contributed by atoms with Gasteiger partial charge in [-0.05, 0) is 77.9 Å². The van der Waals surface area contributed by atoms with Gasteiger partial charge in [0.05, 0.1) is 26.1 Å². The van der Waals surface area contributed by atoms with Crippen molar-refractivity contribution in [3.63, 3.8) is 0 Å². The second-order valence-electron chi connectivity index (χ2n) is 9.86. The van der Waals surface area contributed by atoms with Gasteiger partial charge in [-0.15, -0.1) is 0 Å². The van der Waals surface area contributed by atoms with Crippen LogP contribution in [0.15, 0.2) is 47.5 Å². The third-order valence-corrected chi connectivity index (χ3v) is 6.87. The number of benzene rings is 2. The molecule has 1 N–H and O–H groups in total. The molecule has 0 aliphatic carbocycles. The van der Waals surface area contributed by atoms with E-state index in [0.717, 1.165) is 28.8 Å². The van der Waals surface area contributed by atoms with E-state index in [9.17, 15) is 23.1 Å². The number of halogens is 2. The summed E-state index contributed by atoms with van der Waals surface area (Å²) in [4.78, 5) is 26.1. The summed E-state index contributed by atoms with van der Waals surface area (Å²) >= 11 is 12.7. The number of phenolic OH excluding ortho intramolecular Hbond substituents is 1. The van der Waals surface area contributed by atoms with Crippen molar-refractivity contribution < 1.29 is 32.6 Å². The first kappa shape index (κ1) is 27.6. The van der Waals surface area contributed by atoms with Gasteiger partial charge in [0.1, 0.15) is 17.0 Å². The first-order chi connectivity index (χ1) is 16.4. The number of carbonyl (C=O) groups is 2. The molecular formula is C24H26Cl2N2O7S. The smallest absolute Gasteiger partial charge is 0.429 e. The van der Waals surface area contributed by atoms with Crippen molar-refractivity contribution in [2.75, 3.05) is 4.31 Å². The number of ether oxygens (including phenoxy) is 2. The summed E-state index contributed by atoms with van der Waals surface area (Å²) in [7, 11) is -4.62. The zero-order valence-corrected chi connectivity index (χ0v) is 22.8. The fraction of sp³-hybridized carbons (Fsp3) is 0.333. The fourth-order valence-corrected chi connectivity index (χ4v) is 5.16. The van der Waals surface area contributed by atoms with Gasteiger partial charge in [-0.2, -0.15) is 4.31 Å². The number of carbonyl (C=O) groups excluding carboxylic acids is 2. The van der Waals surface area contributed by atoms with E-state index in [0.29, 0.717) is 4.31 Å². The maximum atomic E-state index is 13.8. The average molecular weight is 557 g/mol. The summed E-state index contributed by atoms with van der Waals surface area (Å²) < 4.78 is 39.8. The number of nitrogens with zero attached hydrogens (tertiary/aromatic N) is 2. The predicted octanol–water partition coefficient (Wildman–Crippen LogP) is 6.57. The first-order valence-corrected chi connectivity index (χ1v) is 12.9. The third-order valence-electron chi connectivity index (χ3n) is 4.57. The van der Waals surface area contributed by atoms with Crippen molar-refractivity contribution in [3.8, 4) is 5.75 Å².